The van der Waals surface area contributed by atoms with E-state index in [1.165, 1.54) is 36.3 Å². The number of hydrogen-bond donors (Lipinski definition) is 1. The zero-order chi connectivity index (χ0) is 24.0. The molecule has 7 nitrogen and oxygen atoms in total. The van der Waals surface area contributed by atoms with Crippen molar-refractivity contribution in [2.24, 2.45) is 0 Å². The van der Waals surface area contributed by atoms with Crippen molar-refractivity contribution in [1.29, 1.82) is 0 Å². The maximum atomic E-state index is 13.4. The molecule has 0 spiro atoms. The molecule has 1 aliphatic heterocycles. The molecule has 1 N–H and O–H groups in total. The van der Waals surface area contributed by atoms with Crippen molar-refractivity contribution in [3.8, 4) is 11.5 Å². The second kappa shape index (κ2) is 10.8. The number of halogens is 1. The van der Waals surface area contributed by atoms with E-state index in [0.29, 0.717) is 23.7 Å². The largest absolute Gasteiger partial charge is 0.507 e. The molecule has 2 aromatic carbocycles. The summed E-state index contributed by atoms with van der Waals surface area (Å²) in [5.74, 6) is -1.55. The molecule has 1 saturated heterocycles. The van der Waals surface area contributed by atoms with Crippen LogP contribution in [0, 0.1) is 5.82 Å². The Hall–Kier alpha value is -3.65. The summed E-state index contributed by atoms with van der Waals surface area (Å²) in [7, 11) is 1.49. The van der Waals surface area contributed by atoms with E-state index in [1.807, 2.05) is 6.92 Å². The first kappa shape index (κ1) is 24.0. The maximum absolute atomic E-state index is 13.4. The average Bonchev–Trinajstić information content (AvgIpc) is 3.07. The second-order valence-corrected chi connectivity index (χ2v) is 7.23. The van der Waals surface area contributed by atoms with E-state index in [-0.39, 0.29) is 36.7 Å². The number of benzene rings is 2. The van der Waals surface area contributed by atoms with Gasteiger partial charge in [0, 0.05) is 19.2 Å². The van der Waals surface area contributed by atoms with Gasteiger partial charge in [-0.05, 0) is 48.9 Å². The van der Waals surface area contributed by atoms with Gasteiger partial charge in [-0.2, -0.15) is 0 Å². The first-order valence-corrected chi connectivity index (χ1v) is 10.5. The van der Waals surface area contributed by atoms with Gasteiger partial charge in [0.1, 0.15) is 18.2 Å². The molecular formula is C25H26FNO6. The summed E-state index contributed by atoms with van der Waals surface area (Å²) in [6.45, 7) is 6.42. The van der Waals surface area contributed by atoms with Crippen LogP contribution in [0.2, 0.25) is 0 Å². The minimum atomic E-state index is -0.891. The number of amides is 1. The molecule has 0 radical (unpaired) electrons. The summed E-state index contributed by atoms with van der Waals surface area (Å²) in [5.41, 5.74) is 0.676. The lowest BCUT2D eigenvalue weighted by Gasteiger charge is -2.26. The van der Waals surface area contributed by atoms with Crippen LogP contribution in [0.1, 0.15) is 24.1 Å². The van der Waals surface area contributed by atoms with Crippen LogP contribution in [0.5, 0.6) is 11.5 Å². The van der Waals surface area contributed by atoms with E-state index in [0.717, 1.165) is 0 Å². The zero-order valence-corrected chi connectivity index (χ0v) is 18.5. The van der Waals surface area contributed by atoms with Crippen LogP contribution in [0.3, 0.4) is 0 Å². The highest BCUT2D eigenvalue weighted by Gasteiger charge is 2.46. The van der Waals surface area contributed by atoms with Gasteiger partial charge in [-0.25, -0.2) is 4.39 Å². The number of aliphatic hydroxyl groups excluding tert-OH is 1. The highest BCUT2D eigenvalue weighted by molar-refractivity contribution is 6.46. The number of carbonyl (C=O) groups is 2. The smallest absolute Gasteiger partial charge is 0.295 e. The average molecular weight is 455 g/mol. The van der Waals surface area contributed by atoms with Crippen LogP contribution in [0.25, 0.3) is 5.76 Å². The Morgan fingerprint density at radius 3 is 2.52 bits per heavy atom. The van der Waals surface area contributed by atoms with Gasteiger partial charge in [0.25, 0.3) is 11.7 Å². The van der Waals surface area contributed by atoms with Crippen LogP contribution in [0.4, 0.5) is 4.39 Å². The number of rotatable bonds is 10. The van der Waals surface area contributed by atoms with E-state index in [2.05, 4.69) is 6.58 Å². The van der Waals surface area contributed by atoms with Gasteiger partial charge in [-0.3, -0.25) is 9.59 Å². The van der Waals surface area contributed by atoms with Gasteiger partial charge >= 0.3 is 0 Å². The molecule has 1 atom stereocenters. The number of ketones is 1. The minimum absolute atomic E-state index is 0.0927. The van der Waals surface area contributed by atoms with Gasteiger partial charge in [-0.1, -0.05) is 18.7 Å². The minimum Gasteiger partial charge on any atom is -0.507 e. The summed E-state index contributed by atoms with van der Waals surface area (Å²) in [6, 6.07) is 9.21. The molecule has 1 unspecified atom stereocenters. The normalized spacial score (nSPS) is 17.3. The molecule has 1 fully saturated rings. The number of ether oxygens (including phenoxy) is 3. The highest BCUT2D eigenvalue weighted by atomic mass is 19.1. The Kier molecular flexibility index (Phi) is 7.84. The fourth-order valence-electron chi connectivity index (χ4n) is 3.64. The molecule has 8 heteroatoms. The maximum Gasteiger partial charge on any atom is 0.295 e. The standard InChI is InChI=1S/C25H26FNO6/c1-4-13-33-19-11-8-17(15-20(19)32-5-2)22-21(23(28)16-6-9-18(26)10-7-16)24(29)25(30)27(22)12-14-31-3/h4,6-11,15,22,28H,1,5,12-14H2,2-3H3. The van der Waals surface area contributed by atoms with Crippen molar-refractivity contribution >= 4 is 17.4 Å². The van der Waals surface area contributed by atoms with Crippen molar-refractivity contribution in [2.75, 3.05) is 33.5 Å². The third kappa shape index (κ3) is 5.06. The number of nitrogens with zero attached hydrogens (tertiary/aromatic N) is 1. The number of likely N-dealkylation sites (tertiary alicyclic amines) is 1. The predicted octanol–water partition coefficient (Wildman–Crippen LogP) is 3.86. The first-order chi connectivity index (χ1) is 15.9. The van der Waals surface area contributed by atoms with Crippen molar-refractivity contribution in [1.82, 2.24) is 4.90 Å². The Morgan fingerprint density at radius 2 is 1.88 bits per heavy atom. The van der Waals surface area contributed by atoms with E-state index >= 15 is 0 Å². The van der Waals surface area contributed by atoms with Crippen molar-refractivity contribution in [3.05, 3.63) is 77.6 Å². The van der Waals surface area contributed by atoms with Gasteiger partial charge < -0.3 is 24.2 Å². The molecule has 174 valence electrons. The van der Waals surface area contributed by atoms with E-state index in [1.54, 1.807) is 24.3 Å². The topological polar surface area (TPSA) is 85.3 Å². The number of hydrogen-bond acceptors (Lipinski definition) is 6. The van der Waals surface area contributed by atoms with Gasteiger partial charge in [0.2, 0.25) is 0 Å². The molecule has 0 saturated carbocycles. The van der Waals surface area contributed by atoms with Crippen molar-refractivity contribution in [2.45, 2.75) is 13.0 Å². The Morgan fingerprint density at radius 1 is 1.15 bits per heavy atom. The zero-order valence-electron chi connectivity index (χ0n) is 18.5. The predicted molar refractivity (Wildman–Crippen MR) is 121 cm³/mol. The van der Waals surface area contributed by atoms with E-state index < -0.39 is 23.5 Å². The number of aliphatic hydroxyl groups is 1. The van der Waals surface area contributed by atoms with Crippen LogP contribution >= 0.6 is 0 Å². The van der Waals surface area contributed by atoms with E-state index in [4.69, 9.17) is 14.2 Å². The molecule has 3 rings (SSSR count). The summed E-state index contributed by atoms with van der Waals surface area (Å²) in [4.78, 5) is 27.2. The van der Waals surface area contributed by atoms with Gasteiger partial charge in [0.05, 0.1) is 24.8 Å². The Balaban J connectivity index is 2.15. The molecular weight excluding hydrogens is 429 g/mol. The van der Waals surface area contributed by atoms with Crippen molar-refractivity contribution in [3.63, 3.8) is 0 Å². The fourth-order valence-corrected chi connectivity index (χ4v) is 3.64. The molecule has 0 aromatic heterocycles. The number of methoxy groups -OCH3 is 1. The third-order valence-electron chi connectivity index (χ3n) is 5.13. The van der Waals surface area contributed by atoms with E-state index in [9.17, 15) is 19.1 Å². The van der Waals surface area contributed by atoms with Gasteiger partial charge in [-0.15, -0.1) is 0 Å². The molecule has 1 heterocycles. The lowest BCUT2D eigenvalue weighted by Crippen LogP contribution is -2.32. The molecule has 33 heavy (non-hydrogen) atoms. The number of Topliss-reactive ketones (excluding diaryl/α,β-unsaturated/α-hetero) is 1. The van der Waals surface area contributed by atoms with Crippen LogP contribution in [-0.4, -0.2) is 55.2 Å². The van der Waals surface area contributed by atoms with Crippen molar-refractivity contribution < 1.29 is 33.3 Å². The van der Waals surface area contributed by atoms with Crippen LogP contribution in [0.15, 0.2) is 60.7 Å². The Labute approximate surface area is 191 Å². The third-order valence-corrected chi connectivity index (χ3v) is 5.13. The summed E-state index contributed by atoms with van der Waals surface area (Å²) in [5, 5.41) is 11.0. The highest BCUT2D eigenvalue weighted by Crippen LogP contribution is 2.42. The number of carbonyl (C=O) groups excluding carboxylic acids is 2. The SMILES string of the molecule is C=CCOc1ccc(C2C(=C(O)c3ccc(F)cc3)C(=O)C(=O)N2CCOC)cc1OCC. The lowest BCUT2D eigenvalue weighted by atomic mass is 9.95. The van der Waals surface area contributed by atoms with Crippen LogP contribution < -0.4 is 9.47 Å². The first-order valence-electron chi connectivity index (χ1n) is 10.5. The van der Waals surface area contributed by atoms with Gasteiger partial charge in [0.15, 0.2) is 11.5 Å². The van der Waals surface area contributed by atoms with Crippen LogP contribution in [-0.2, 0) is 14.3 Å². The molecule has 0 bridgehead atoms. The summed E-state index contributed by atoms with van der Waals surface area (Å²) in [6.07, 6.45) is 1.60. The fraction of sp³-hybridized carbons (Fsp3) is 0.280. The Bertz CT molecular complexity index is 1060. The molecule has 1 amide bonds. The second-order valence-electron chi connectivity index (χ2n) is 7.23. The monoisotopic (exact) mass is 455 g/mol. The molecule has 2 aromatic rings. The quantitative estimate of drug-likeness (QED) is 0.254. The summed E-state index contributed by atoms with van der Waals surface area (Å²) >= 11 is 0. The lowest BCUT2D eigenvalue weighted by molar-refractivity contribution is -0.140. The summed E-state index contributed by atoms with van der Waals surface area (Å²) < 4.78 is 29.8. The molecule has 1 aliphatic rings. The molecule has 0 aliphatic carbocycles.